The number of nitrogens with zero attached hydrogens (tertiary/aromatic N) is 3. The highest BCUT2D eigenvalue weighted by atomic mass is 31.3. The quantitative estimate of drug-likeness (QED) is 0.0930. The van der Waals surface area contributed by atoms with Crippen LogP contribution in [0.5, 0.6) is 34.5 Å². The van der Waals surface area contributed by atoms with Crippen LogP contribution in [-0.4, -0.2) is 9.21 Å². The molecule has 6 aromatic rings. The molecule has 0 fully saturated rings. The molecule has 252 valence electrons. The van der Waals surface area contributed by atoms with Gasteiger partial charge in [0, 0.05) is 20.6 Å². The first-order chi connectivity index (χ1) is 24.5. The summed E-state index contributed by atoms with van der Waals surface area (Å²) in [6.07, 6.45) is 0. The average molecular weight is 724 g/mol. The Labute approximate surface area is 292 Å². The number of anilines is 2. The minimum absolute atomic E-state index is 0.426. The number of nitrogen functional groups attached to an aromatic ring is 2. The van der Waals surface area contributed by atoms with Gasteiger partial charge in [0.05, 0.1) is 0 Å². The molecular weight excluding hydrogens is 691 g/mol. The van der Waals surface area contributed by atoms with Crippen LogP contribution < -0.4 is 39.2 Å². The van der Waals surface area contributed by atoms with Crippen molar-refractivity contribution in [1.29, 1.82) is 0 Å². The number of rotatable bonds is 12. The summed E-state index contributed by atoms with van der Waals surface area (Å²) in [5.41, 5.74) is 13.3. The Morgan fingerprint density at radius 3 is 1.30 bits per heavy atom. The summed E-state index contributed by atoms with van der Waals surface area (Å²) in [4.78, 5) is 13.4. The molecule has 0 saturated heterocycles. The third-order valence-corrected chi connectivity index (χ3v) is 13.6. The summed E-state index contributed by atoms with van der Waals surface area (Å²) in [7, 11) is -8.09. The zero-order valence-electron chi connectivity index (χ0n) is 26.5. The maximum absolute atomic E-state index is 6.88. The summed E-state index contributed by atoms with van der Waals surface area (Å²) < 4.78 is 35.6. The van der Waals surface area contributed by atoms with E-state index in [-0.39, 0.29) is 0 Å². The van der Waals surface area contributed by atoms with E-state index in [1.165, 1.54) is 4.60 Å². The van der Waals surface area contributed by atoms with Gasteiger partial charge in [-0.3, -0.25) is 0 Å². The molecule has 50 heavy (non-hydrogen) atoms. The molecule has 6 aromatic carbocycles. The molecule has 0 saturated carbocycles. The van der Waals surface area contributed by atoms with Crippen molar-refractivity contribution in [3.63, 3.8) is 0 Å². The van der Waals surface area contributed by atoms with Crippen LogP contribution in [0, 0.1) is 0 Å². The third kappa shape index (κ3) is 8.12. The predicted molar refractivity (Wildman–Crippen MR) is 198 cm³/mol. The van der Waals surface area contributed by atoms with Gasteiger partial charge in [0.25, 0.3) is 0 Å². The summed E-state index contributed by atoms with van der Waals surface area (Å²) >= 11 is 0. The van der Waals surface area contributed by atoms with Gasteiger partial charge in [-0.15, -0.1) is 4.52 Å². The Kier molecular flexibility index (Phi) is 10.3. The highest BCUT2D eigenvalue weighted by Gasteiger charge is 2.58. The zero-order chi connectivity index (χ0) is 34.2. The maximum atomic E-state index is 6.88. The fourth-order valence-corrected chi connectivity index (χ4v) is 11.9. The first-order valence-electron chi connectivity index (χ1n) is 15.4. The average Bonchev–Trinajstić information content (AvgIpc) is 3.15. The second kappa shape index (κ2) is 15.5. The second-order valence-corrected chi connectivity index (χ2v) is 16.1. The van der Waals surface area contributed by atoms with Crippen LogP contribution in [0.4, 0.5) is 11.4 Å². The van der Waals surface area contributed by atoms with E-state index in [9.17, 15) is 0 Å². The third-order valence-electron chi connectivity index (χ3n) is 6.77. The molecule has 1 aliphatic heterocycles. The Morgan fingerprint density at radius 1 is 0.440 bits per heavy atom. The second-order valence-electron chi connectivity index (χ2n) is 10.5. The molecule has 1 aliphatic rings. The first-order valence-corrected chi connectivity index (χ1v) is 19.2. The van der Waals surface area contributed by atoms with Crippen LogP contribution in [0.3, 0.4) is 0 Å². The van der Waals surface area contributed by atoms with E-state index in [1.54, 1.807) is 53.1 Å². The highest BCUT2D eigenvalue weighted by Crippen LogP contribution is 2.77. The lowest BCUT2D eigenvalue weighted by atomic mass is 10.3. The number of hydrogen-bond acceptors (Lipinski definition) is 11. The van der Waals surface area contributed by atoms with Gasteiger partial charge in [-0.05, 0) is 97.1 Å². The Bertz CT molecular complexity index is 1970. The highest BCUT2D eigenvalue weighted by molar-refractivity contribution is 7.78. The number of hydrogen-bond donors (Lipinski definition) is 2. The minimum atomic E-state index is -3.83. The normalized spacial score (nSPS) is 17.1. The Hall–Kier alpha value is -5.27. The van der Waals surface area contributed by atoms with Gasteiger partial charge in [-0.1, -0.05) is 72.8 Å². The largest absolute Gasteiger partial charge is 0.447 e. The van der Waals surface area contributed by atoms with Gasteiger partial charge in [0.1, 0.15) is 34.5 Å². The molecule has 0 bridgehead atoms. The smallest absolute Gasteiger partial charge is 0.440 e. The predicted octanol–water partition coefficient (Wildman–Crippen LogP) is 10.5. The van der Waals surface area contributed by atoms with E-state index in [1.807, 2.05) is 121 Å². The van der Waals surface area contributed by atoms with Crippen molar-refractivity contribution < 1.29 is 27.8 Å². The lowest BCUT2D eigenvalue weighted by Gasteiger charge is -2.43. The summed E-state index contributed by atoms with van der Waals surface area (Å²) in [5, 5.41) is 0. The molecule has 2 atom stereocenters. The molecule has 0 aliphatic carbocycles. The lowest BCUT2D eigenvalue weighted by Crippen LogP contribution is -2.37. The molecule has 0 amide bonds. The van der Waals surface area contributed by atoms with Crippen molar-refractivity contribution in [1.82, 2.24) is 9.21 Å². The molecular formula is C36H32N5O6P3. The zero-order valence-corrected chi connectivity index (χ0v) is 29.1. The van der Waals surface area contributed by atoms with Gasteiger partial charge >= 0.3 is 24.6 Å². The van der Waals surface area contributed by atoms with E-state index in [4.69, 9.17) is 43.8 Å². The Morgan fingerprint density at radius 2 is 0.840 bits per heavy atom. The summed E-state index contributed by atoms with van der Waals surface area (Å²) in [6.45, 7) is 0. The monoisotopic (exact) mass is 723 g/mol. The lowest BCUT2D eigenvalue weighted by molar-refractivity contribution is 0.0545. The number of benzene rings is 6. The topological polar surface area (TPSA) is 126 Å². The minimum Gasteiger partial charge on any atom is -0.440 e. The van der Waals surface area contributed by atoms with E-state index in [2.05, 4.69) is 0 Å². The standard InChI is InChI=1S/C36H32N5O6P3/c37-29-21-25-35(26-22-29)46-50(47-36-27-23-30(38)24-28-36)39-48(44-33-17-9-3-10-18-33)40(42-31-13-5-1-6-14-31)49(45-34-19-11-4-12-20-34)41(50)43-32-15-7-2-8-16-32/h1-28H,37-38H2. The number of nitrogens with two attached hydrogens (primary N) is 2. The first kappa shape index (κ1) is 33.2. The van der Waals surface area contributed by atoms with E-state index < -0.39 is 24.6 Å². The number of para-hydroxylation sites is 4. The van der Waals surface area contributed by atoms with Gasteiger partial charge in [-0.2, -0.15) is 0 Å². The molecule has 4 N–H and O–H groups in total. The van der Waals surface area contributed by atoms with Gasteiger partial charge in [-0.25, -0.2) is 0 Å². The van der Waals surface area contributed by atoms with Crippen LogP contribution in [0.1, 0.15) is 0 Å². The van der Waals surface area contributed by atoms with Gasteiger partial charge in [0.15, 0.2) is 0 Å². The summed E-state index contributed by atoms with van der Waals surface area (Å²) in [5.74, 6) is 2.95. The van der Waals surface area contributed by atoms with Crippen LogP contribution in [-0.2, 0) is 0 Å². The molecule has 0 spiro atoms. The Balaban J connectivity index is 1.47. The maximum Gasteiger partial charge on any atom is 0.447 e. The molecule has 14 heteroatoms. The molecule has 0 aromatic heterocycles. The van der Waals surface area contributed by atoms with E-state index in [0.717, 1.165) is 0 Å². The van der Waals surface area contributed by atoms with Gasteiger partial charge in [0.2, 0.25) is 0 Å². The van der Waals surface area contributed by atoms with Crippen molar-refractivity contribution in [2.24, 2.45) is 4.52 Å². The fourth-order valence-electron chi connectivity index (χ4n) is 4.43. The SMILES string of the molecule is Nc1ccc(OP2(Oc3ccc(N)cc3)=NP(Oc3ccccc3)N(Oc3ccccc3)P(Oc3ccccc3)N2Oc2ccccc2)cc1. The van der Waals surface area contributed by atoms with Crippen LogP contribution >= 0.6 is 24.6 Å². The van der Waals surface area contributed by atoms with Crippen molar-refractivity contribution in [3.05, 3.63) is 170 Å². The van der Waals surface area contributed by atoms with Crippen molar-refractivity contribution in [3.8, 4) is 34.5 Å². The molecule has 2 unspecified atom stereocenters. The van der Waals surface area contributed by atoms with E-state index >= 15 is 0 Å². The molecule has 7 rings (SSSR count). The van der Waals surface area contributed by atoms with Crippen molar-refractivity contribution >= 4 is 35.9 Å². The van der Waals surface area contributed by atoms with Gasteiger partial charge < -0.3 is 39.2 Å². The molecule has 1 heterocycles. The van der Waals surface area contributed by atoms with Crippen LogP contribution in [0.2, 0.25) is 0 Å². The van der Waals surface area contributed by atoms with Crippen molar-refractivity contribution in [2.75, 3.05) is 11.5 Å². The fraction of sp³-hybridized carbons (Fsp3) is 0. The van der Waals surface area contributed by atoms with Crippen LogP contribution in [0.15, 0.2) is 174 Å². The van der Waals surface area contributed by atoms with Crippen LogP contribution in [0.25, 0.3) is 0 Å². The summed E-state index contributed by atoms with van der Waals surface area (Å²) in [6, 6.07) is 51.2. The molecule has 0 radical (unpaired) electrons. The van der Waals surface area contributed by atoms with E-state index in [0.29, 0.717) is 45.9 Å². The van der Waals surface area contributed by atoms with Crippen molar-refractivity contribution in [2.45, 2.75) is 0 Å². The molecule has 11 nitrogen and oxygen atoms in total.